The number of benzene rings is 1. The van der Waals surface area contributed by atoms with Crippen molar-refractivity contribution in [3.8, 4) is 5.40 Å². The van der Waals surface area contributed by atoms with Crippen molar-refractivity contribution in [2.24, 2.45) is 0 Å². The fraction of sp³-hybridized carbons (Fsp3) is 0.300. The Balaban J connectivity index is 0.00000169. The van der Waals surface area contributed by atoms with Gasteiger partial charge in [-0.3, -0.25) is 0 Å². The van der Waals surface area contributed by atoms with Crippen molar-refractivity contribution in [2.75, 3.05) is 6.16 Å². The zero-order valence-corrected chi connectivity index (χ0v) is 10.00. The van der Waals surface area contributed by atoms with Crippen LogP contribution in [0.25, 0.3) is 0 Å². The van der Waals surface area contributed by atoms with Gasteiger partial charge in [0, 0.05) is 5.25 Å². The van der Waals surface area contributed by atoms with E-state index in [9.17, 15) is 0 Å². The first-order chi connectivity index (χ1) is 6.29. The summed E-state index contributed by atoms with van der Waals surface area (Å²) in [5.41, 5.74) is 2.53. The second-order valence-corrected chi connectivity index (χ2v) is 4.25. The molecule has 0 amide bonds. The molecule has 0 saturated heterocycles. The average molecular weight is 227 g/mol. The Hall–Kier alpha value is -0.550. The van der Waals surface area contributed by atoms with Crippen LogP contribution in [-0.2, 0) is 0 Å². The molecule has 2 nitrogen and oxygen atoms in total. The van der Waals surface area contributed by atoms with Crippen LogP contribution in [0.15, 0.2) is 24.3 Å². The quantitative estimate of drug-likeness (QED) is 0.587. The number of hydrogen-bond acceptors (Lipinski definition) is 2. The van der Waals surface area contributed by atoms with Crippen LogP contribution in [0.2, 0.25) is 0 Å². The fourth-order valence-electron chi connectivity index (χ4n) is 1.25. The maximum absolute atomic E-state index is 8.62. The predicted molar refractivity (Wildman–Crippen MR) is 65.3 cm³/mol. The molecule has 2 unspecified atom stereocenters. The van der Waals surface area contributed by atoms with Gasteiger partial charge in [-0.05, 0) is 36.0 Å². The second kappa shape index (κ2) is 6.84. The summed E-state index contributed by atoms with van der Waals surface area (Å²) in [5, 5.41) is 11.1. The number of thiocyanates is 1. The lowest BCUT2D eigenvalue weighted by atomic mass is 10.1. The summed E-state index contributed by atoms with van der Waals surface area (Å²) in [6, 6.07) is 8.22. The zero-order chi connectivity index (χ0) is 9.68. The molecule has 1 aromatic carbocycles. The first kappa shape index (κ1) is 13.4. The minimum Gasteiger partial charge on any atom is -0.412 e. The van der Waals surface area contributed by atoms with Gasteiger partial charge in [-0.2, -0.15) is 5.26 Å². The van der Waals surface area contributed by atoms with Gasteiger partial charge in [-0.25, -0.2) is 0 Å². The normalized spacial score (nSPS) is 11.2. The molecule has 0 aromatic heterocycles. The number of rotatable bonds is 3. The van der Waals surface area contributed by atoms with Gasteiger partial charge >= 0.3 is 0 Å². The molecule has 0 bridgehead atoms. The molecule has 1 rings (SSSR count). The Morgan fingerprint density at radius 1 is 1.50 bits per heavy atom. The second-order valence-electron chi connectivity index (χ2n) is 2.79. The van der Waals surface area contributed by atoms with E-state index in [0.29, 0.717) is 0 Å². The van der Waals surface area contributed by atoms with Crippen LogP contribution in [0.5, 0.6) is 0 Å². The molecule has 1 aromatic rings. The summed E-state index contributed by atoms with van der Waals surface area (Å²) >= 11 is 1.33. The van der Waals surface area contributed by atoms with Crippen molar-refractivity contribution in [3.63, 3.8) is 0 Å². The highest BCUT2D eigenvalue weighted by Crippen LogP contribution is 2.31. The van der Waals surface area contributed by atoms with E-state index in [2.05, 4.69) is 33.7 Å². The van der Waals surface area contributed by atoms with E-state index in [1.54, 1.807) is 0 Å². The molecule has 0 aliphatic heterocycles. The number of nitriles is 1. The number of hydrogen-bond donors (Lipinski definition) is 0. The van der Waals surface area contributed by atoms with E-state index in [-0.39, 0.29) is 10.7 Å². The Kier molecular flexibility index (Phi) is 6.57. The van der Waals surface area contributed by atoms with Crippen molar-refractivity contribution >= 4 is 21.0 Å². The van der Waals surface area contributed by atoms with Crippen molar-refractivity contribution < 1.29 is 5.48 Å². The molecule has 2 N–H and O–H groups in total. The van der Waals surface area contributed by atoms with Crippen LogP contribution in [0.4, 0.5) is 0 Å². The molecule has 0 aliphatic rings. The summed E-state index contributed by atoms with van der Waals surface area (Å²) in [6.45, 7) is 2.08. The lowest BCUT2D eigenvalue weighted by molar-refractivity contribution is 0.824. The molecular formula is C10H14NOPS. The van der Waals surface area contributed by atoms with Gasteiger partial charge in [-0.1, -0.05) is 24.3 Å². The molecule has 0 aliphatic carbocycles. The summed E-state index contributed by atoms with van der Waals surface area (Å²) in [6.07, 6.45) is 0.920. The first-order valence-electron chi connectivity index (χ1n) is 4.10. The average Bonchev–Trinajstić information content (AvgIpc) is 2.16. The van der Waals surface area contributed by atoms with Gasteiger partial charge in [-0.15, -0.1) is 9.24 Å². The first-order valence-corrected chi connectivity index (χ1v) is 5.79. The summed E-state index contributed by atoms with van der Waals surface area (Å²) in [4.78, 5) is 0. The van der Waals surface area contributed by atoms with E-state index in [0.717, 1.165) is 6.16 Å². The molecule has 0 radical (unpaired) electrons. The number of thioether (sulfide) groups is 1. The van der Waals surface area contributed by atoms with Crippen LogP contribution in [-0.4, -0.2) is 11.6 Å². The Bertz CT molecular complexity index is 324. The molecule has 0 saturated carbocycles. The minimum absolute atomic E-state index is 0. The van der Waals surface area contributed by atoms with Gasteiger partial charge in [0.1, 0.15) is 5.40 Å². The Labute approximate surface area is 91.2 Å². The molecule has 14 heavy (non-hydrogen) atoms. The highest BCUT2D eigenvalue weighted by atomic mass is 32.2. The van der Waals surface area contributed by atoms with E-state index < -0.39 is 0 Å². The molecule has 2 atom stereocenters. The maximum atomic E-state index is 8.62. The lowest BCUT2D eigenvalue weighted by Gasteiger charge is -2.12. The van der Waals surface area contributed by atoms with E-state index in [1.807, 2.05) is 12.1 Å². The summed E-state index contributed by atoms with van der Waals surface area (Å²) in [7, 11) is 2.69. The molecule has 0 heterocycles. The molecule has 0 spiro atoms. The zero-order valence-electron chi connectivity index (χ0n) is 8.03. The standard InChI is InChI=1S/C10H12NPS.H2O/c1-8-4-2-3-5-9(8)10(6-12)13-7-11;/h2-5,10H,6,12H2,1H3;1H2. The molecule has 0 fully saturated rings. The third-order valence-electron chi connectivity index (χ3n) is 1.94. The van der Waals surface area contributed by atoms with E-state index in [1.165, 1.54) is 22.9 Å². The molecule has 4 heteroatoms. The predicted octanol–water partition coefficient (Wildman–Crippen LogP) is 2.30. The van der Waals surface area contributed by atoms with Gasteiger partial charge in [0.05, 0.1) is 0 Å². The van der Waals surface area contributed by atoms with Crippen LogP contribution < -0.4 is 0 Å². The van der Waals surface area contributed by atoms with Crippen molar-refractivity contribution in [2.45, 2.75) is 12.2 Å². The van der Waals surface area contributed by atoms with Crippen molar-refractivity contribution in [1.29, 1.82) is 5.26 Å². The topological polar surface area (TPSA) is 55.3 Å². The van der Waals surface area contributed by atoms with Gasteiger partial charge < -0.3 is 5.48 Å². The van der Waals surface area contributed by atoms with Crippen LogP contribution in [0.1, 0.15) is 16.4 Å². The SMILES string of the molecule is Cc1ccccc1C(CP)SC#N.O. The van der Waals surface area contributed by atoms with E-state index >= 15 is 0 Å². The summed E-state index contributed by atoms with van der Waals surface area (Å²) in [5.74, 6) is 0. The fourth-order valence-corrected chi connectivity index (χ4v) is 2.41. The van der Waals surface area contributed by atoms with Crippen molar-refractivity contribution in [3.05, 3.63) is 35.4 Å². The molecular weight excluding hydrogens is 213 g/mol. The van der Waals surface area contributed by atoms with Crippen LogP contribution in [0.3, 0.4) is 0 Å². The van der Waals surface area contributed by atoms with Gasteiger partial charge in [0.25, 0.3) is 0 Å². The Morgan fingerprint density at radius 2 is 2.14 bits per heavy atom. The minimum atomic E-state index is 0. The largest absolute Gasteiger partial charge is 0.412 e. The van der Waals surface area contributed by atoms with Crippen LogP contribution >= 0.6 is 21.0 Å². The number of nitrogens with zero attached hydrogens (tertiary/aromatic N) is 1. The summed E-state index contributed by atoms with van der Waals surface area (Å²) < 4.78 is 0. The highest BCUT2D eigenvalue weighted by Gasteiger charge is 2.11. The maximum Gasteiger partial charge on any atom is 0.133 e. The third-order valence-corrected chi connectivity index (χ3v) is 3.59. The highest BCUT2D eigenvalue weighted by molar-refractivity contribution is 8.04. The van der Waals surface area contributed by atoms with Crippen LogP contribution in [0, 0.1) is 17.6 Å². The van der Waals surface area contributed by atoms with Gasteiger partial charge in [0.2, 0.25) is 0 Å². The Morgan fingerprint density at radius 3 is 2.64 bits per heavy atom. The third kappa shape index (κ3) is 3.31. The van der Waals surface area contributed by atoms with Gasteiger partial charge in [0.15, 0.2) is 0 Å². The van der Waals surface area contributed by atoms with Crippen molar-refractivity contribution in [1.82, 2.24) is 0 Å². The smallest absolute Gasteiger partial charge is 0.133 e. The molecule has 76 valence electrons. The number of aryl methyl sites for hydroxylation is 1. The monoisotopic (exact) mass is 227 g/mol. The van der Waals surface area contributed by atoms with E-state index in [4.69, 9.17) is 5.26 Å². The lowest BCUT2D eigenvalue weighted by Crippen LogP contribution is -1.96.